The lowest BCUT2D eigenvalue weighted by Crippen LogP contribution is -2.24. The van der Waals surface area contributed by atoms with E-state index in [0.29, 0.717) is 16.5 Å². The van der Waals surface area contributed by atoms with Crippen LogP contribution >= 0.6 is 11.6 Å². The highest BCUT2D eigenvalue weighted by molar-refractivity contribution is 7.92. The van der Waals surface area contributed by atoms with Crippen LogP contribution in [0.3, 0.4) is 0 Å². The van der Waals surface area contributed by atoms with E-state index in [0.717, 1.165) is 5.56 Å². The van der Waals surface area contributed by atoms with Gasteiger partial charge in [-0.1, -0.05) is 17.7 Å². The molecule has 128 valence electrons. The summed E-state index contributed by atoms with van der Waals surface area (Å²) in [5, 5.41) is 2.87. The standard InChI is InChI=1S/C16H17ClN2O4S/c1-11-3-4-12(17)9-15(11)19-24(21,22)14-7-5-13(6-8-14)23-10-16(20)18-2/h3-9,19H,10H2,1-2H3,(H,18,20). The number of carbonyl (C=O) groups excluding carboxylic acids is 1. The molecule has 0 saturated carbocycles. The molecule has 0 aliphatic rings. The minimum atomic E-state index is -3.75. The van der Waals surface area contributed by atoms with E-state index in [1.165, 1.54) is 31.3 Å². The molecule has 0 heterocycles. The average Bonchev–Trinajstić information content (AvgIpc) is 2.56. The Bertz CT molecular complexity index is 836. The molecule has 0 aliphatic heterocycles. The Morgan fingerprint density at radius 3 is 2.46 bits per heavy atom. The molecular formula is C16H17ClN2O4S. The second-order valence-electron chi connectivity index (χ2n) is 5.00. The lowest BCUT2D eigenvalue weighted by atomic mass is 10.2. The molecule has 0 saturated heterocycles. The number of hydrogen-bond acceptors (Lipinski definition) is 4. The Hall–Kier alpha value is -2.25. The molecule has 2 rings (SSSR count). The molecular weight excluding hydrogens is 352 g/mol. The smallest absolute Gasteiger partial charge is 0.261 e. The summed E-state index contributed by atoms with van der Waals surface area (Å²) in [5.74, 6) is 0.126. The van der Waals surface area contributed by atoms with Crippen molar-refractivity contribution < 1.29 is 17.9 Å². The average molecular weight is 369 g/mol. The predicted octanol–water partition coefficient (Wildman–Crippen LogP) is 2.57. The molecule has 0 radical (unpaired) electrons. The number of benzene rings is 2. The van der Waals surface area contributed by atoms with Crippen molar-refractivity contribution in [3.63, 3.8) is 0 Å². The zero-order valence-electron chi connectivity index (χ0n) is 13.2. The van der Waals surface area contributed by atoms with Crippen LogP contribution in [0.15, 0.2) is 47.4 Å². The Balaban J connectivity index is 2.14. The highest BCUT2D eigenvalue weighted by atomic mass is 35.5. The van der Waals surface area contributed by atoms with Gasteiger partial charge in [-0.25, -0.2) is 8.42 Å². The molecule has 0 fully saturated rings. The van der Waals surface area contributed by atoms with Crippen LogP contribution in [0.5, 0.6) is 5.75 Å². The number of hydrogen-bond donors (Lipinski definition) is 2. The van der Waals surface area contributed by atoms with E-state index >= 15 is 0 Å². The maximum absolute atomic E-state index is 12.4. The molecule has 2 N–H and O–H groups in total. The monoisotopic (exact) mass is 368 g/mol. The van der Waals surface area contributed by atoms with Crippen molar-refractivity contribution in [2.24, 2.45) is 0 Å². The number of likely N-dealkylation sites (N-methyl/N-ethyl adjacent to an activating group) is 1. The number of amides is 1. The second-order valence-corrected chi connectivity index (χ2v) is 7.12. The van der Waals surface area contributed by atoms with Gasteiger partial charge in [-0.05, 0) is 48.9 Å². The van der Waals surface area contributed by atoms with Crippen LogP contribution in [0.25, 0.3) is 0 Å². The van der Waals surface area contributed by atoms with Crippen LogP contribution in [0, 0.1) is 6.92 Å². The van der Waals surface area contributed by atoms with E-state index in [4.69, 9.17) is 16.3 Å². The van der Waals surface area contributed by atoms with Gasteiger partial charge in [0.2, 0.25) is 0 Å². The van der Waals surface area contributed by atoms with Crippen LogP contribution in [-0.4, -0.2) is 28.0 Å². The van der Waals surface area contributed by atoms with Gasteiger partial charge >= 0.3 is 0 Å². The van der Waals surface area contributed by atoms with Gasteiger partial charge in [0.15, 0.2) is 6.61 Å². The van der Waals surface area contributed by atoms with E-state index in [1.54, 1.807) is 25.1 Å². The first-order valence-electron chi connectivity index (χ1n) is 7.04. The maximum atomic E-state index is 12.4. The quantitative estimate of drug-likeness (QED) is 0.820. The normalized spacial score (nSPS) is 11.0. The summed E-state index contributed by atoms with van der Waals surface area (Å²) in [5.41, 5.74) is 1.18. The summed E-state index contributed by atoms with van der Waals surface area (Å²) in [6.45, 7) is 1.65. The van der Waals surface area contributed by atoms with Crippen molar-refractivity contribution in [3.8, 4) is 5.75 Å². The molecule has 6 nitrogen and oxygen atoms in total. The molecule has 0 unspecified atom stereocenters. The molecule has 0 bridgehead atoms. The predicted molar refractivity (Wildman–Crippen MR) is 93.0 cm³/mol. The number of anilines is 1. The fraction of sp³-hybridized carbons (Fsp3) is 0.188. The lowest BCUT2D eigenvalue weighted by Gasteiger charge is -2.11. The van der Waals surface area contributed by atoms with Crippen molar-refractivity contribution in [3.05, 3.63) is 53.1 Å². The summed E-state index contributed by atoms with van der Waals surface area (Å²) in [4.78, 5) is 11.2. The SMILES string of the molecule is CNC(=O)COc1ccc(S(=O)(=O)Nc2cc(Cl)ccc2C)cc1. The summed E-state index contributed by atoms with van der Waals surface area (Å²) in [7, 11) is -2.24. The van der Waals surface area contributed by atoms with Crippen LogP contribution in [0.2, 0.25) is 5.02 Å². The maximum Gasteiger partial charge on any atom is 0.261 e. The summed E-state index contributed by atoms with van der Waals surface area (Å²) >= 11 is 5.90. The van der Waals surface area contributed by atoms with Crippen LogP contribution in [-0.2, 0) is 14.8 Å². The van der Waals surface area contributed by atoms with E-state index < -0.39 is 10.0 Å². The first-order valence-corrected chi connectivity index (χ1v) is 8.90. The molecule has 8 heteroatoms. The van der Waals surface area contributed by atoms with Gasteiger partial charge in [0, 0.05) is 12.1 Å². The third kappa shape index (κ3) is 4.62. The van der Waals surface area contributed by atoms with Crippen molar-refractivity contribution in [1.82, 2.24) is 5.32 Å². The van der Waals surface area contributed by atoms with Gasteiger partial charge in [0.1, 0.15) is 5.75 Å². The number of halogens is 1. The molecule has 0 spiro atoms. The number of ether oxygens (including phenoxy) is 1. The number of carbonyl (C=O) groups is 1. The van der Waals surface area contributed by atoms with Crippen LogP contribution < -0.4 is 14.8 Å². The van der Waals surface area contributed by atoms with Crippen molar-refractivity contribution in [1.29, 1.82) is 0 Å². The zero-order valence-corrected chi connectivity index (χ0v) is 14.7. The third-order valence-electron chi connectivity index (χ3n) is 3.23. The second kappa shape index (κ2) is 7.55. The summed E-state index contributed by atoms with van der Waals surface area (Å²) in [6, 6.07) is 10.8. The largest absolute Gasteiger partial charge is 0.484 e. The first-order chi connectivity index (χ1) is 11.3. The number of sulfonamides is 1. The van der Waals surface area contributed by atoms with Gasteiger partial charge in [-0.2, -0.15) is 0 Å². The molecule has 1 amide bonds. The van der Waals surface area contributed by atoms with E-state index in [1.807, 2.05) is 0 Å². The Labute approximate surface area is 145 Å². The number of rotatable bonds is 6. The zero-order chi connectivity index (χ0) is 17.7. The van der Waals surface area contributed by atoms with Crippen molar-refractivity contribution in [2.75, 3.05) is 18.4 Å². The van der Waals surface area contributed by atoms with E-state index in [9.17, 15) is 13.2 Å². The fourth-order valence-corrected chi connectivity index (χ4v) is 3.14. The Morgan fingerprint density at radius 2 is 1.83 bits per heavy atom. The van der Waals surface area contributed by atoms with Crippen LogP contribution in [0.1, 0.15) is 5.56 Å². The van der Waals surface area contributed by atoms with Crippen molar-refractivity contribution in [2.45, 2.75) is 11.8 Å². The van der Waals surface area contributed by atoms with Crippen molar-refractivity contribution >= 4 is 33.2 Å². The van der Waals surface area contributed by atoms with Gasteiger partial charge in [0.25, 0.3) is 15.9 Å². The van der Waals surface area contributed by atoms with Gasteiger partial charge in [-0.15, -0.1) is 0 Å². The van der Waals surface area contributed by atoms with E-state index in [-0.39, 0.29) is 17.4 Å². The Kier molecular flexibility index (Phi) is 5.69. The first kappa shape index (κ1) is 18.1. The summed E-state index contributed by atoms with van der Waals surface area (Å²) < 4.78 is 32.6. The lowest BCUT2D eigenvalue weighted by molar-refractivity contribution is -0.122. The number of aryl methyl sites for hydroxylation is 1. The van der Waals surface area contributed by atoms with E-state index in [2.05, 4.69) is 10.0 Å². The minimum Gasteiger partial charge on any atom is -0.484 e. The molecule has 0 atom stereocenters. The minimum absolute atomic E-state index is 0.0779. The highest BCUT2D eigenvalue weighted by Gasteiger charge is 2.15. The summed E-state index contributed by atoms with van der Waals surface area (Å²) in [6.07, 6.45) is 0. The van der Waals surface area contributed by atoms with Gasteiger partial charge in [-0.3, -0.25) is 9.52 Å². The Morgan fingerprint density at radius 1 is 1.17 bits per heavy atom. The fourth-order valence-electron chi connectivity index (χ4n) is 1.84. The van der Waals surface area contributed by atoms with Gasteiger partial charge < -0.3 is 10.1 Å². The van der Waals surface area contributed by atoms with Crippen LogP contribution in [0.4, 0.5) is 5.69 Å². The van der Waals surface area contributed by atoms with Gasteiger partial charge in [0.05, 0.1) is 10.6 Å². The third-order valence-corrected chi connectivity index (χ3v) is 4.84. The molecule has 2 aromatic rings. The molecule has 2 aromatic carbocycles. The highest BCUT2D eigenvalue weighted by Crippen LogP contribution is 2.24. The number of nitrogens with one attached hydrogen (secondary N) is 2. The molecule has 0 aliphatic carbocycles. The molecule has 0 aromatic heterocycles. The molecule has 24 heavy (non-hydrogen) atoms. The topological polar surface area (TPSA) is 84.5 Å².